The maximum atomic E-state index is 13.5. The third-order valence-corrected chi connectivity index (χ3v) is 6.15. The van der Waals surface area contributed by atoms with Crippen LogP contribution in [0, 0.1) is 0 Å². The fourth-order valence-corrected chi connectivity index (χ4v) is 4.30. The first-order chi connectivity index (χ1) is 17.6. The number of nitrogens with zero attached hydrogens (tertiary/aromatic N) is 3. The predicted octanol–water partition coefficient (Wildman–Crippen LogP) is 4.94. The summed E-state index contributed by atoms with van der Waals surface area (Å²) in [6.45, 7) is 0.717. The molecule has 0 radical (unpaired) electrons. The summed E-state index contributed by atoms with van der Waals surface area (Å²) in [6, 6.07) is 22.2. The average molecular weight is 483 g/mol. The van der Waals surface area contributed by atoms with E-state index in [1.165, 1.54) is 0 Å². The van der Waals surface area contributed by atoms with Crippen LogP contribution < -0.4 is 19.7 Å². The van der Waals surface area contributed by atoms with Crippen molar-refractivity contribution >= 4 is 23.2 Å². The van der Waals surface area contributed by atoms with Crippen LogP contribution in [0.2, 0.25) is 0 Å². The lowest BCUT2D eigenvalue weighted by Gasteiger charge is -2.16. The zero-order valence-electron chi connectivity index (χ0n) is 20.1. The summed E-state index contributed by atoms with van der Waals surface area (Å²) < 4.78 is 12.6. The number of hydrogen-bond acceptors (Lipinski definition) is 5. The molecule has 0 aliphatic carbocycles. The highest BCUT2D eigenvalue weighted by Gasteiger charge is 2.23. The molecule has 1 aliphatic heterocycles. The second-order valence-electron chi connectivity index (χ2n) is 8.39. The van der Waals surface area contributed by atoms with E-state index in [4.69, 9.17) is 14.6 Å². The summed E-state index contributed by atoms with van der Waals surface area (Å²) >= 11 is 0. The fourth-order valence-electron chi connectivity index (χ4n) is 4.30. The Morgan fingerprint density at radius 1 is 0.944 bits per heavy atom. The third kappa shape index (κ3) is 4.53. The van der Waals surface area contributed by atoms with Gasteiger partial charge in [0.05, 0.1) is 25.5 Å². The van der Waals surface area contributed by atoms with E-state index < -0.39 is 0 Å². The second kappa shape index (κ2) is 9.95. The Balaban J connectivity index is 1.50. The van der Waals surface area contributed by atoms with Gasteiger partial charge in [0.2, 0.25) is 5.91 Å². The monoisotopic (exact) mass is 482 g/mol. The van der Waals surface area contributed by atoms with Gasteiger partial charge in [-0.2, -0.15) is 5.10 Å². The number of rotatable bonds is 7. The second-order valence-corrected chi connectivity index (χ2v) is 8.39. The van der Waals surface area contributed by atoms with Crippen molar-refractivity contribution in [3.63, 3.8) is 0 Å². The maximum Gasteiger partial charge on any atom is 0.259 e. The number of ether oxygens (including phenoxy) is 2. The number of aromatic nitrogens is 2. The van der Waals surface area contributed by atoms with Crippen molar-refractivity contribution in [3.8, 4) is 28.4 Å². The van der Waals surface area contributed by atoms with Crippen LogP contribution in [0.3, 0.4) is 0 Å². The summed E-state index contributed by atoms with van der Waals surface area (Å²) in [6.07, 6.45) is 3.13. The van der Waals surface area contributed by atoms with E-state index in [0.29, 0.717) is 40.4 Å². The van der Waals surface area contributed by atoms with Crippen LogP contribution in [0.4, 0.5) is 11.4 Å². The summed E-state index contributed by atoms with van der Waals surface area (Å²) in [7, 11) is 3.16. The van der Waals surface area contributed by atoms with Gasteiger partial charge < -0.3 is 19.7 Å². The molecule has 1 aromatic heterocycles. The van der Waals surface area contributed by atoms with Gasteiger partial charge in [0, 0.05) is 36.1 Å². The first kappa shape index (κ1) is 23.2. The lowest BCUT2D eigenvalue weighted by atomic mass is 10.1. The van der Waals surface area contributed by atoms with Crippen molar-refractivity contribution in [1.29, 1.82) is 0 Å². The van der Waals surface area contributed by atoms with Crippen molar-refractivity contribution in [2.24, 2.45) is 0 Å². The molecule has 2 heterocycles. The molecule has 8 nitrogen and oxygen atoms in total. The van der Waals surface area contributed by atoms with Crippen molar-refractivity contribution in [3.05, 3.63) is 84.6 Å². The van der Waals surface area contributed by atoms with E-state index >= 15 is 0 Å². The number of methoxy groups -OCH3 is 2. The minimum atomic E-state index is -0.318. The van der Waals surface area contributed by atoms with Gasteiger partial charge in [0.15, 0.2) is 0 Å². The molecule has 182 valence electrons. The lowest BCUT2D eigenvalue weighted by molar-refractivity contribution is -0.117. The van der Waals surface area contributed by atoms with Crippen LogP contribution in [0.5, 0.6) is 11.5 Å². The van der Waals surface area contributed by atoms with E-state index in [0.717, 1.165) is 24.3 Å². The Kier molecular flexibility index (Phi) is 6.40. The zero-order valence-corrected chi connectivity index (χ0v) is 20.1. The topological polar surface area (TPSA) is 85.7 Å². The molecule has 1 fully saturated rings. The highest BCUT2D eigenvalue weighted by Crippen LogP contribution is 2.35. The molecule has 1 N–H and O–H groups in total. The van der Waals surface area contributed by atoms with Gasteiger partial charge in [-0.25, -0.2) is 4.68 Å². The molecule has 4 aromatic rings. The van der Waals surface area contributed by atoms with Crippen LogP contribution in [-0.2, 0) is 4.79 Å². The smallest absolute Gasteiger partial charge is 0.259 e. The number of para-hydroxylation sites is 1. The molecule has 5 rings (SSSR count). The van der Waals surface area contributed by atoms with E-state index in [-0.39, 0.29) is 11.8 Å². The van der Waals surface area contributed by atoms with Crippen LogP contribution in [0.15, 0.2) is 79.0 Å². The molecule has 0 spiro atoms. The molecular formula is C28H26N4O4. The minimum Gasteiger partial charge on any atom is -0.497 e. The zero-order chi connectivity index (χ0) is 25.1. The molecular weight excluding hydrogens is 456 g/mol. The number of nitrogens with one attached hydrogen (secondary N) is 1. The average Bonchev–Trinajstić information content (AvgIpc) is 3.56. The van der Waals surface area contributed by atoms with Crippen LogP contribution in [0.1, 0.15) is 23.2 Å². The number of hydrogen-bond donors (Lipinski definition) is 1. The van der Waals surface area contributed by atoms with Gasteiger partial charge in [-0.05, 0) is 61.0 Å². The van der Waals surface area contributed by atoms with Gasteiger partial charge in [0.1, 0.15) is 17.2 Å². The molecule has 1 aliphatic rings. The number of anilines is 2. The van der Waals surface area contributed by atoms with Crippen LogP contribution in [0.25, 0.3) is 16.9 Å². The van der Waals surface area contributed by atoms with Crippen molar-refractivity contribution in [2.45, 2.75) is 12.8 Å². The van der Waals surface area contributed by atoms with Gasteiger partial charge in [0.25, 0.3) is 5.91 Å². The SMILES string of the molecule is COc1ccc(OC)c(-c2nn(-c3ccccc3)cc2C(=O)Nc2ccc(N3CCCC3=O)cc2)c1. The minimum absolute atomic E-state index is 0.122. The Morgan fingerprint density at radius 3 is 2.39 bits per heavy atom. The molecule has 0 bridgehead atoms. The Morgan fingerprint density at radius 2 is 1.72 bits per heavy atom. The molecule has 0 unspecified atom stereocenters. The Labute approximate surface area is 209 Å². The maximum absolute atomic E-state index is 13.5. The van der Waals surface area contributed by atoms with Gasteiger partial charge in [-0.1, -0.05) is 18.2 Å². The molecule has 0 atom stereocenters. The summed E-state index contributed by atoms with van der Waals surface area (Å²) in [5, 5.41) is 7.71. The number of benzene rings is 3. The highest BCUT2D eigenvalue weighted by atomic mass is 16.5. The first-order valence-electron chi connectivity index (χ1n) is 11.7. The molecule has 8 heteroatoms. The van der Waals surface area contributed by atoms with Crippen LogP contribution >= 0.6 is 0 Å². The van der Waals surface area contributed by atoms with E-state index in [2.05, 4.69) is 5.32 Å². The lowest BCUT2D eigenvalue weighted by Crippen LogP contribution is -2.23. The van der Waals surface area contributed by atoms with Gasteiger partial charge >= 0.3 is 0 Å². The summed E-state index contributed by atoms with van der Waals surface area (Å²) in [5.74, 6) is 1.00. The van der Waals surface area contributed by atoms with Crippen molar-refractivity contribution in [2.75, 3.05) is 31.0 Å². The summed E-state index contributed by atoms with van der Waals surface area (Å²) in [4.78, 5) is 27.3. The molecule has 2 amide bonds. The Hall–Kier alpha value is -4.59. The number of carbonyl (C=O) groups excluding carboxylic acids is 2. The molecule has 3 aromatic carbocycles. The van der Waals surface area contributed by atoms with Crippen LogP contribution in [-0.4, -0.2) is 42.4 Å². The van der Waals surface area contributed by atoms with E-state index in [9.17, 15) is 9.59 Å². The highest BCUT2D eigenvalue weighted by molar-refractivity contribution is 6.08. The normalized spacial score (nSPS) is 13.1. The third-order valence-electron chi connectivity index (χ3n) is 6.15. The first-order valence-corrected chi connectivity index (χ1v) is 11.7. The molecule has 36 heavy (non-hydrogen) atoms. The summed E-state index contributed by atoms with van der Waals surface area (Å²) in [5.41, 5.74) is 3.75. The van der Waals surface area contributed by atoms with Crippen molar-refractivity contribution in [1.82, 2.24) is 9.78 Å². The van der Waals surface area contributed by atoms with Gasteiger partial charge in [-0.3, -0.25) is 9.59 Å². The van der Waals surface area contributed by atoms with Crippen molar-refractivity contribution < 1.29 is 19.1 Å². The number of carbonyl (C=O) groups is 2. The largest absolute Gasteiger partial charge is 0.497 e. The molecule has 1 saturated heterocycles. The Bertz CT molecular complexity index is 1400. The standard InChI is InChI=1S/C28H26N4O4/c1-35-22-14-15-25(36-2)23(17-22)27-24(18-32(30-27)21-7-4-3-5-8-21)28(34)29-19-10-12-20(13-11-19)31-16-6-9-26(31)33/h3-5,7-8,10-15,17-18H,6,9,16H2,1-2H3,(H,29,34). The molecule has 0 saturated carbocycles. The number of amides is 2. The fraction of sp³-hybridized carbons (Fsp3) is 0.179. The quantitative estimate of drug-likeness (QED) is 0.404. The van der Waals surface area contributed by atoms with E-state index in [1.807, 2.05) is 42.5 Å². The van der Waals surface area contributed by atoms with Gasteiger partial charge in [-0.15, -0.1) is 0 Å². The predicted molar refractivity (Wildman–Crippen MR) is 138 cm³/mol. The van der Waals surface area contributed by atoms with E-state index in [1.54, 1.807) is 60.3 Å².